The van der Waals surface area contributed by atoms with Crippen molar-refractivity contribution in [2.75, 3.05) is 13.1 Å². The third-order valence-corrected chi connectivity index (χ3v) is 3.43. The molecule has 20 heavy (non-hydrogen) atoms. The minimum absolute atomic E-state index is 0.129. The van der Waals surface area contributed by atoms with Crippen LogP contribution in [0.25, 0.3) is 0 Å². The van der Waals surface area contributed by atoms with Crippen molar-refractivity contribution in [1.82, 2.24) is 10.2 Å². The average Bonchev–Trinajstić information content (AvgIpc) is 2.42. The van der Waals surface area contributed by atoms with Crippen molar-refractivity contribution >= 4 is 6.03 Å². The second-order valence-corrected chi connectivity index (χ2v) is 5.20. The number of benzene rings is 1. The molecule has 0 spiro atoms. The molecule has 2 rings (SSSR count). The largest absolute Gasteiger partial charge is 0.491 e. The topological polar surface area (TPSA) is 61.8 Å². The van der Waals surface area contributed by atoms with Gasteiger partial charge in [0.1, 0.15) is 5.75 Å². The predicted octanol–water partition coefficient (Wildman–Crippen LogP) is 1.75. The van der Waals surface area contributed by atoms with Crippen LogP contribution < -0.4 is 10.1 Å². The van der Waals surface area contributed by atoms with Gasteiger partial charge in [-0.05, 0) is 31.0 Å². The van der Waals surface area contributed by atoms with Crippen LogP contribution in [0.4, 0.5) is 4.79 Å². The molecule has 5 nitrogen and oxygen atoms in total. The number of rotatable bonds is 5. The lowest BCUT2D eigenvalue weighted by molar-refractivity contribution is 0.0265. The van der Waals surface area contributed by atoms with Gasteiger partial charge in [0.05, 0.1) is 25.3 Å². The van der Waals surface area contributed by atoms with Gasteiger partial charge in [0, 0.05) is 6.54 Å². The van der Waals surface area contributed by atoms with Crippen molar-refractivity contribution in [3.05, 3.63) is 29.8 Å². The number of likely N-dealkylation sites (tertiary alicyclic amines) is 1. The van der Waals surface area contributed by atoms with Gasteiger partial charge in [0.25, 0.3) is 0 Å². The van der Waals surface area contributed by atoms with Gasteiger partial charge in [-0.15, -0.1) is 0 Å². The molecule has 1 atom stereocenters. The zero-order valence-electron chi connectivity index (χ0n) is 12.0. The summed E-state index contributed by atoms with van der Waals surface area (Å²) in [6, 6.07) is 7.60. The summed E-state index contributed by atoms with van der Waals surface area (Å²) in [5.74, 6) is 0.847. The van der Waals surface area contributed by atoms with Crippen LogP contribution in [0.2, 0.25) is 0 Å². The number of ether oxygens (including phenoxy) is 1. The van der Waals surface area contributed by atoms with Crippen LogP contribution in [0.5, 0.6) is 5.75 Å². The van der Waals surface area contributed by atoms with E-state index in [-0.39, 0.29) is 18.2 Å². The van der Waals surface area contributed by atoms with E-state index in [1.54, 1.807) is 4.90 Å². The number of carbonyl (C=O) groups is 1. The van der Waals surface area contributed by atoms with Gasteiger partial charge in [-0.1, -0.05) is 19.1 Å². The van der Waals surface area contributed by atoms with E-state index in [1.165, 1.54) is 0 Å². The molecule has 1 aromatic carbocycles. The van der Waals surface area contributed by atoms with E-state index in [0.717, 1.165) is 17.7 Å². The molecule has 1 aromatic rings. The number of β-amino-alcohol motifs (C(OH)–C–C–N with tert-alkyl or cyclic N) is 1. The van der Waals surface area contributed by atoms with E-state index in [9.17, 15) is 4.79 Å². The second kappa shape index (κ2) is 6.61. The molecule has 5 heteroatoms. The van der Waals surface area contributed by atoms with Gasteiger partial charge in [-0.3, -0.25) is 0 Å². The maximum Gasteiger partial charge on any atom is 0.317 e. The minimum atomic E-state index is -0.363. The summed E-state index contributed by atoms with van der Waals surface area (Å²) in [6.07, 6.45) is 0.815. The molecule has 110 valence electrons. The summed E-state index contributed by atoms with van der Waals surface area (Å²) in [7, 11) is 0. The molecule has 0 radical (unpaired) electrons. The Kier molecular flexibility index (Phi) is 4.84. The lowest BCUT2D eigenvalue weighted by Gasteiger charge is -2.35. The minimum Gasteiger partial charge on any atom is -0.491 e. The highest BCUT2D eigenvalue weighted by Gasteiger charge is 2.28. The molecule has 1 heterocycles. The van der Waals surface area contributed by atoms with Gasteiger partial charge < -0.3 is 20.1 Å². The van der Waals surface area contributed by atoms with Crippen molar-refractivity contribution in [3.63, 3.8) is 0 Å². The van der Waals surface area contributed by atoms with Crippen molar-refractivity contribution in [3.8, 4) is 5.75 Å². The van der Waals surface area contributed by atoms with Crippen LogP contribution in [0.15, 0.2) is 24.3 Å². The number of amides is 2. The number of urea groups is 1. The highest BCUT2D eigenvalue weighted by Crippen LogP contribution is 2.15. The lowest BCUT2D eigenvalue weighted by atomic mass is 10.2. The average molecular weight is 278 g/mol. The fraction of sp³-hybridized carbons (Fsp3) is 0.533. The van der Waals surface area contributed by atoms with E-state index in [0.29, 0.717) is 19.6 Å². The third kappa shape index (κ3) is 3.87. The van der Waals surface area contributed by atoms with Crippen molar-refractivity contribution in [2.45, 2.75) is 39.0 Å². The van der Waals surface area contributed by atoms with Crippen LogP contribution in [0.3, 0.4) is 0 Å². The van der Waals surface area contributed by atoms with Gasteiger partial charge in [0.2, 0.25) is 0 Å². The van der Waals surface area contributed by atoms with E-state index in [4.69, 9.17) is 9.84 Å². The summed E-state index contributed by atoms with van der Waals surface area (Å²) in [4.78, 5) is 13.3. The van der Waals surface area contributed by atoms with Crippen molar-refractivity contribution < 1.29 is 14.6 Å². The number of nitrogens with zero attached hydrogens (tertiary/aromatic N) is 1. The standard InChI is InChI=1S/C15H22N2O3/c1-3-11(2)20-14-6-4-12(5-7-14)8-16-15(19)17-9-13(18)10-17/h4-7,11,13,18H,3,8-10H2,1-2H3,(H,16,19)/t11-/m1/s1. The Morgan fingerprint density at radius 1 is 1.45 bits per heavy atom. The summed E-state index contributed by atoms with van der Waals surface area (Å²) >= 11 is 0. The summed E-state index contributed by atoms with van der Waals surface area (Å²) in [6.45, 7) is 5.45. The molecular formula is C15H22N2O3. The predicted molar refractivity (Wildman–Crippen MR) is 76.6 cm³/mol. The fourth-order valence-electron chi connectivity index (χ4n) is 1.91. The first-order chi connectivity index (χ1) is 9.58. The Bertz CT molecular complexity index is 441. The van der Waals surface area contributed by atoms with Crippen LogP contribution >= 0.6 is 0 Å². The quantitative estimate of drug-likeness (QED) is 0.862. The highest BCUT2D eigenvalue weighted by molar-refractivity contribution is 5.75. The molecule has 0 saturated carbocycles. The monoisotopic (exact) mass is 278 g/mol. The fourth-order valence-corrected chi connectivity index (χ4v) is 1.91. The van der Waals surface area contributed by atoms with Crippen molar-refractivity contribution in [1.29, 1.82) is 0 Å². The Morgan fingerprint density at radius 3 is 2.65 bits per heavy atom. The zero-order chi connectivity index (χ0) is 14.5. The molecule has 0 aliphatic carbocycles. The second-order valence-electron chi connectivity index (χ2n) is 5.20. The Balaban J connectivity index is 1.77. The molecule has 0 bridgehead atoms. The molecule has 0 aromatic heterocycles. The molecule has 1 aliphatic heterocycles. The van der Waals surface area contributed by atoms with E-state index < -0.39 is 0 Å². The number of hydrogen-bond donors (Lipinski definition) is 2. The van der Waals surface area contributed by atoms with Gasteiger partial charge in [-0.2, -0.15) is 0 Å². The number of aliphatic hydroxyl groups excluding tert-OH is 1. The Labute approximate surface area is 119 Å². The normalized spacial score (nSPS) is 16.4. The third-order valence-electron chi connectivity index (χ3n) is 3.43. The number of carbonyl (C=O) groups excluding carboxylic acids is 1. The molecule has 0 unspecified atom stereocenters. The Morgan fingerprint density at radius 2 is 2.10 bits per heavy atom. The highest BCUT2D eigenvalue weighted by atomic mass is 16.5. The van der Waals surface area contributed by atoms with E-state index in [2.05, 4.69) is 12.2 Å². The smallest absolute Gasteiger partial charge is 0.317 e. The Hall–Kier alpha value is -1.75. The molecule has 1 fully saturated rings. The lowest BCUT2D eigenvalue weighted by Crippen LogP contribution is -2.56. The summed E-state index contributed by atoms with van der Waals surface area (Å²) in [5.41, 5.74) is 1.02. The molecule has 1 aliphatic rings. The van der Waals surface area contributed by atoms with Crippen molar-refractivity contribution in [2.24, 2.45) is 0 Å². The summed E-state index contributed by atoms with van der Waals surface area (Å²) < 4.78 is 5.70. The number of nitrogens with one attached hydrogen (secondary N) is 1. The van der Waals surface area contributed by atoms with Gasteiger partial charge in [0.15, 0.2) is 0 Å². The molecular weight excluding hydrogens is 256 g/mol. The molecule has 2 amide bonds. The van der Waals surface area contributed by atoms with Gasteiger partial charge >= 0.3 is 6.03 Å². The first-order valence-corrected chi connectivity index (χ1v) is 7.05. The van der Waals surface area contributed by atoms with Crippen LogP contribution in [0.1, 0.15) is 25.8 Å². The zero-order valence-corrected chi connectivity index (χ0v) is 12.0. The molecule has 2 N–H and O–H groups in total. The maximum absolute atomic E-state index is 11.7. The van der Waals surface area contributed by atoms with E-state index >= 15 is 0 Å². The van der Waals surface area contributed by atoms with Crippen LogP contribution in [-0.4, -0.2) is 41.3 Å². The van der Waals surface area contributed by atoms with Gasteiger partial charge in [-0.25, -0.2) is 4.79 Å². The maximum atomic E-state index is 11.7. The SMILES string of the molecule is CC[C@@H](C)Oc1ccc(CNC(=O)N2CC(O)C2)cc1. The molecule has 1 saturated heterocycles. The first kappa shape index (κ1) is 14.7. The summed E-state index contributed by atoms with van der Waals surface area (Å²) in [5, 5.41) is 12.0. The first-order valence-electron chi connectivity index (χ1n) is 7.05. The number of aliphatic hydroxyl groups is 1. The number of hydrogen-bond acceptors (Lipinski definition) is 3. The van der Waals surface area contributed by atoms with Crippen LogP contribution in [0, 0.1) is 0 Å². The van der Waals surface area contributed by atoms with E-state index in [1.807, 2.05) is 31.2 Å². The van der Waals surface area contributed by atoms with Crippen LogP contribution in [-0.2, 0) is 6.54 Å².